The summed E-state index contributed by atoms with van der Waals surface area (Å²) in [6.45, 7) is 8.58. The van der Waals surface area contributed by atoms with Gasteiger partial charge >= 0.3 is 5.69 Å². The SMILES string of the molecule is CCCCn1c(=O)n(CC(=O)N(Cc2ccccc2)C(C)(C)C)c(=O)c2c1ncn2Cc1ccco1. The van der Waals surface area contributed by atoms with Crippen molar-refractivity contribution < 1.29 is 9.21 Å². The molecule has 1 aromatic carbocycles. The lowest BCUT2D eigenvalue weighted by Gasteiger charge is -2.36. The Labute approximate surface area is 209 Å². The molecular weight excluding hydrogens is 458 g/mol. The van der Waals surface area contributed by atoms with Gasteiger partial charge in [-0.2, -0.15) is 0 Å². The van der Waals surface area contributed by atoms with Crippen molar-refractivity contribution in [1.82, 2.24) is 23.6 Å². The van der Waals surface area contributed by atoms with Crippen LogP contribution in [-0.2, 0) is 31.0 Å². The lowest BCUT2D eigenvalue weighted by molar-refractivity contribution is -0.137. The summed E-state index contributed by atoms with van der Waals surface area (Å²) in [5.41, 5.74) is 0.00868. The van der Waals surface area contributed by atoms with Gasteiger partial charge < -0.3 is 13.9 Å². The number of amides is 1. The van der Waals surface area contributed by atoms with E-state index in [1.165, 1.54) is 4.57 Å². The summed E-state index contributed by atoms with van der Waals surface area (Å²) in [5.74, 6) is 0.355. The van der Waals surface area contributed by atoms with Gasteiger partial charge in [-0.25, -0.2) is 14.3 Å². The van der Waals surface area contributed by atoms with E-state index in [1.54, 1.807) is 28.1 Å². The van der Waals surface area contributed by atoms with Gasteiger partial charge in [0.2, 0.25) is 5.91 Å². The van der Waals surface area contributed by atoms with Gasteiger partial charge in [0.25, 0.3) is 5.56 Å². The lowest BCUT2D eigenvalue weighted by Crippen LogP contribution is -2.50. The number of aryl methyl sites for hydroxylation is 1. The maximum absolute atomic E-state index is 13.6. The first-order valence-corrected chi connectivity index (χ1v) is 12.3. The molecule has 0 atom stereocenters. The zero-order valence-electron chi connectivity index (χ0n) is 21.3. The van der Waals surface area contributed by atoms with Crippen LogP contribution in [0.5, 0.6) is 0 Å². The molecule has 0 fully saturated rings. The van der Waals surface area contributed by atoms with Crippen molar-refractivity contribution in [2.45, 2.75) is 72.3 Å². The van der Waals surface area contributed by atoms with E-state index in [4.69, 9.17) is 4.42 Å². The molecule has 0 saturated carbocycles. The first-order chi connectivity index (χ1) is 17.2. The summed E-state index contributed by atoms with van der Waals surface area (Å²) in [7, 11) is 0. The summed E-state index contributed by atoms with van der Waals surface area (Å²) in [5, 5.41) is 0. The van der Waals surface area contributed by atoms with Gasteiger partial charge in [-0.15, -0.1) is 0 Å². The third kappa shape index (κ3) is 5.19. The Morgan fingerprint density at radius 3 is 2.44 bits per heavy atom. The number of benzene rings is 1. The third-order valence-corrected chi connectivity index (χ3v) is 6.21. The second kappa shape index (κ2) is 10.4. The summed E-state index contributed by atoms with van der Waals surface area (Å²) in [6, 6.07) is 13.3. The van der Waals surface area contributed by atoms with Crippen molar-refractivity contribution in [2.75, 3.05) is 0 Å². The number of fused-ring (bicyclic) bond motifs is 1. The standard InChI is InChI=1S/C27H33N5O4/c1-5-6-14-30-24-23(29(19-28-24)17-21-13-10-15-36-21)25(34)31(26(30)35)18-22(33)32(27(2,3)4)16-20-11-8-7-9-12-20/h7-13,15,19H,5-6,14,16-18H2,1-4H3. The van der Waals surface area contributed by atoms with Gasteiger partial charge in [0.1, 0.15) is 12.3 Å². The van der Waals surface area contributed by atoms with Gasteiger partial charge in [0.05, 0.1) is 19.1 Å². The Hall–Kier alpha value is -3.88. The van der Waals surface area contributed by atoms with E-state index >= 15 is 0 Å². The predicted molar refractivity (Wildman–Crippen MR) is 138 cm³/mol. The quantitative estimate of drug-likeness (QED) is 0.356. The molecule has 0 saturated heterocycles. The second-order valence-electron chi connectivity index (χ2n) is 9.94. The highest BCUT2D eigenvalue weighted by Gasteiger charge is 2.28. The van der Waals surface area contributed by atoms with Gasteiger partial charge in [0, 0.05) is 18.6 Å². The number of furan rings is 1. The molecule has 9 heteroatoms. The van der Waals surface area contributed by atoms with Crippen LogP contribution in [0.25, 0.3) is 11.2 Å². The molecule has 1 amide bonds. The first-order valence-electron chi connectivity index (χ1n) is 12.3. The number of rotatable bonds is 9. The van der Waals surface area contributed by atoms with E-state index in [0.29, 0.717) is 31.0 Å². The van der Waals surface area contributed by atoms with E-state index in [2.05, 4.69) is 4.98 Å². The molecule has 36 heavy (non-hydrogen) atoms. The van der Waals surface area contributed by atoms with Crippen LogP contribution in [0.1, 0.15) is 51.9 Å². The minimum absolute atomic E-state index is 0.278. The van der Waals surface area contributed by atoms with Crippen LogP contribution in [0.2, 0.25) is 0 Å². The Bertz CT molecular complexity index is 1440. The summed E-state index contributed by atoms with van der Waals surface area (Å²) in [6.07, 6.45) is 4.72. The number of hydrogen-bond donors (Lipinski definition) is 0. The molecule has 4 rings (SSSR count). The minimum atomic E-state index is -0.534. The molecular formula is C27H33N5O4. The van der Waals surface area contributed by atoms with Gasteiger partial charge in [-0.1, -0.05) is 43.7 Å². The zero-order chi connectivity index (χ0) is 25.9. The molecule has 190 valence electrons. The Morgan fingerprint density at radius 1 is 1.06 bits per heavy atom. The summed E-state index contributed by atoms with van der Waals surface area (Å²) < 4.78 is 9.67. The largest absolute Gasteiger partial charge is 0.467 e. The maximum atomic E-state index is 13.6. The van der Waals surface area contributed by atoms with Crippen LogP contribution < -0.4 is 11.2 Å². The van der Waals surface area contributed by atoms with Crippen LogP contribution in [0.4, 0.5) is 0 Å². The van der Waals surface area contributed by atoms with Crippen LogP contribution in [-0.4, -0.2) is 35.0 Å². The zero-order valence-corrected chi connectivity index (χ0v) is 21.3. The van der Waals surface area contributed by atoms with Crippen LogP contribution in [0.15, 0.2) is 69.1 Å². The van der Waals surface area contributed by atoms with Crippen LogP contribution >= 0.6 is 0 Å². The number of carbonyl (C=O) groups excluding carboxylic acids is 1. The third-order valence-electron chi connectivity index (χ3n) is 6.21. The number of aromatic nitrogens is 4. The average molecular weight is 492 g/mol. The average Bonchev–Trinajstić information content (AvgIpc) is 3.51. The molecule has 0 radical (unpaired) electrons. The van der Waals surface area contributed by atoms with E-state index < -0.39 is 16.8 Å². The van der Waals surface area contributed by atoms with E-state index in [1.807, 2.05) is 64.1 Å². The Morgan fingerprint density at radius 2 is 1.81 bits per heavy atom. The topological polar surface area (TPSA) is 95.3 Å². The Balaban J connectivity index is 1.78. The fourth-order valence-electron chi connectivity index (χ4n) is 4.27. The molecule has 3 heterocycles. The smallest absolute Gasteiger partial charge is 0.333 e. The molecule has 0 spiro atoms. The molecule has 0 aliphatic heterocycles. The number of hydrogen-bond acceptors (Lipinski definition) is 5. The predicted octanol–water partition coefficient (Wildman–Crippen LogP) is 3.63. The van der Waals surface area contributed by atoms with Gasteiger partial charge in [-0.05, 0) is 44.9 Å². The van der Waals surface area contributed by atoms with Crippen molar-refractivity contribution in [3.8, 4) is 0 Å². The van der Waals surface area contributed by atoms with E-state index in [9.17, 15) is 14.4 Å². The second-order valence-corrected chi connectivity index (χ2v) is 9.94. The fourth-order valence-corrected chi connectivity index (χ4v) is 4.27. The monoisotopic (exact) mass is 491 g/mol. The van der Waals surface area contributed by atoms with Gasteiger partial charge in [-0.3, -0.25) is 14.2 Å². The van der Waals surface area contributed by atoms with Crippen molar-refractivity contribution in [3.63, 3.8) is 0 Å². The molecule has 9 nitrogen and oxygen atoms in total. The summed E-state index contributed by atoms with van der Waals surface area (Å²) in [4.78, 5) is 46.8. The van der Waals surface area contributed by atoms with Crippen LogP contribution in [0, 0.1) is 0 Å². The number of unbranched alkanes of at least 4 members (excludes halogenated alkanes) is 1. The number of imidazole rings is 1. The van der Waals surface area contributed by atoms with E-state index in [0.717, 1.165) is 23.0 Å². The molecule has 0 N–H and O–H groups in total. The first kappa shape index (κ1) is 25.2. The van der Waals surface area contributed by atoms with E-state index in [-0.39, 0.29) is 18.0 Å². The number of nitrogens with zero attached hydrogens (tertiary/aromatic N) is 5. The summed E-state index contributed by atoms with van der Waals surface area (Å²) >= 11 is 0. The maximum Gasteiger partial charge on any atom is 0.333 e. The van der Waals surface area contributed by atoms with Crippen LogP contribution in [0.3, 0.4) is 0 Å². The lowest BCUT2D eigenvalue weighted by atomic mass is 10.0. The number of carbonyl (C=O) groups is 1. The van der Waals surface area contributed by atoms with Crippen molar-refractivity contribution in [2.24, 2.45) is 0 Å². The minimum Gasteiger partial charge on any atom is -0.467 e. The highest BCUT2D eigenvalue weighted by atomic mass is 16.3. The fraction of sp³-hybridized carbons (Fsp3) is 0.407. The normalized spacial score (nSPS) is 11.8. The molecule has 0 unspecified atom stereocenters. The van der Waals surface area contributed by atoms with Crippen molar-refractivity contribution >= 4 is 17.1 Å². The molecule has 0 aliphatic carbocycles. The molecule has 3 aromatic heterocycles. The van der Waals surface area contributed by atoms with Gasteiger partial charge in [0.15, 0.2) is 11.2 Å². The van der Waals surface area contributed by atoms with Crippen molar-refractivity contribution in [1.29, 1.82) is 0 Å². The van der Waals surface area contributed by atoms with Crippen molar-refractivity contribution in [3.05, 3.63) is 87.2 Å². The highest BCUT2D eigenvalue weighted by molar-refractivity contribution is 5.77. The molecule has 0 aliphatic rings. The Kier molecular flexibility index (Phi) is 7.28. The molecule has 0 bridgehead atoms. The highest BCUT2D eigenvalue weighted by Crippen LogP contribution is 2.18. The molecule has 4 aromatic rings.